The molecule has 1 aromatic rings. The highest BCUT2D eigenvalue weighted by Crippen LogP contribution is 2.25. The molecule has 2 heterocycles. The summed E-state index contributed by atoms with van der Waals surface area (Å²) >= 11 is 3.56. The lowest BCUT2D eigenvalue weighted by Gasteiger charge is -2.29. The molecule has 17 heavy (non-hydrogen) atoms. The minimum absolute atomic E-state index is 0.699. The molecule has 1 aromatic heterocycles. The molecule has 1 aliphatic heterocycles. The van der Waals surface area contributed by atoms with Crippen LogP contribution in [0.15, 0.2) is 22.9 Å². The lowest BCUT2D eigenvalue weighted by atomic mass is 10.2. The fraction of sp³-hybridized carbons (Fsp3) is 0.615. The van der Waals surface area contributed by atoms with Crippen LogP contribution in [0.25, 0.3) is 0 Å². The van der Waals surface area contributed by atoms with E-state index in [1.165, 1.54) is 25.1 Å². The first-order chi connectivity index (χ1) is 8.22. The Hall–Kier alpha value is -0.610. The Bertz CT molecular complexity index is 369. The van der Waals surface area contributed by atoms with Gasteiger partial charge in [0.15, 0.2) is 0 Å². The van der Waals surface area contributed by atoms with Crippen molar-refractivity contribution in [3.63, 3.8) is 0 Å². The summed E-state index contributed by atoms with van der Waals surface area (Å²) in [6.45, 7) is 5.76. The summed E-state index contributed by atoms with van der Waals surface area (Å²) in [6, 6.07) is 2.76. The van der Waals surface area contributed by atoms with Crippen LogP contribution in [0, 0.1) is 0 Å². The van der Waals surface area contributed by atoms with Crippen molar-refractivity contribution in [3.05, 3.63) is 22.9 Å². The van der Waals surface area contributed by atoms with Gasteiger partial charge in [-0.05, 0) is 47.9 Å². The highest BCUT2D eigenvalue weighted by molar-refractivity contribution is 9.10. The van der Waals surface area contributed by atoms with E-state index in [4.69, 9.17) is 0 Å². The van der Waals surface area contributed by atoms with E-state index in [9.17, 15) is 0 Å². The standard InChI is InChI=1S/C13H20BrN3/c1-3-17-8-4-5-11(17)10-16(2)13-6-7-15-9-12(13)14/h6-7,9,11H,3-5,8,10H2,1-2H3. The molecule has 0 radical (unpaired) electrons. The molecule has 0 amide bonds. The molecule has 0 aliphatic carbocycles. The van der Waals surface area contributed by atoms with Crippen molar-refractivity contribution >= 4 is 21.6 Å². The van der Waals surface area contributed by atoms with Crippen molar-refractivity contribution in [1.29, 1.82) is 0 Å². The van der Waals surface area contributed by atoms with Crippen LogP contribution in [0.5, 0.6) is 0 Å². The van der Waals surface area contributed by atoms with Gasteiger partial charge in [0.2, 0.25) is 0 Å². The number of pyridine rings is 1. The third-order valence-electron chi connectivity index (χ3n) is 3.55. The predicted molar refractivity (Wildman–Crippen MR) is 75.5 cm³/mol. The van der Waals surface area contributed by atoms with Crippen LogP contribution in [0.1, 0.15) is 19.8 Å². The normalized spacial score (nSPS) is 20.8. The van der Waals surface area contributed by atoms with Crippen LogP contribution in [-0.4, -0.2) is 42.6 Å². The molecule has 2 rings (SSSR count). The summed E-state index contributed by atoms with van der Waals surface area (Å²) in [5.41, 5.74) is 1.22. The molecule has 94 valence electrons. The smallest absolute Gasteiger partial charge is 0.0592 e. The van der Waals surface area contributed by atoms with Gasteiger partial charge in [0.1, 0.15) is 0 Å². The number of nitrogens with zero attached hydrogens (tertiary/aromatic N) is 3. The molecule has 1 unspecified atom stereocenters. The van der Waals surface area contributed by atoms with Gasteiger partial charge in [-0.2, -0.15) is 0 Å². The molecule has 1 atom stereocenters. The van der Waals surface area contributed by atoms with Crippen molar-refractivity contribution in [1.82, 2.24) is 9.88 Å². The Labute approximate surface area is 112 Å². The first-order valence-corrected chi connectivity index (χ1v) is 7.06. The van der Waals surface area contributed by atoms with Crippen LogP contribution < -0.4 is 4.90 Å². The van der Waals surface area contributed by atoms with E-state index >= 15 is 0 Å². The first kappa shape index (κ1) is 12.8. The van der Waals surface area contributed by atoms with Crippen LogP contribution in [-0.2, 0) is 0 Å². The zero-order chi connectivity index (χ0) is 12.3. The van der Waals surface area contributed by atoms with Gasteiger partial charge in [0, 0.05) is 32.0 Å². The highest BCUT2D eigenvalue weighted by atomic mass is 79.9. The van der Waals surface area contributed by atoms with Gasteiger partial charge < -0.3 is 4.90 Å². The molecule has 1 saturated heterocycles. The van der Waals surface area contributed by atoms with E-state index in [-0.39, 0.29) is 0 Å². The van der Waals surface area contributed by atoms with Crippen molar-refractivity contribution in [2.24, 2.45) is 0 Å². The molecular formula is C13H20BrN3. The third-order valence-corrected chi connectivity index (χ3v) is 4.16. The average Bonchev–Trinajstić information content (AvgIpc) is 2.76. The maximum Gasteiger partial charge on any atom is 0.0592 e. The Kier molecular flexibility index (Phi) is 4.40. The summed E-state index contributed by atoms with van der Waals surface area (Å²) in [5, 5.41) is 0. The Morgan fingerprint density at radius 2 is 2.41 bits per heavy atom. The molecule has 1 fully saturated rings. The molecular weight excluding hydrogens is 278 g/mol. The minimum atomic E-state index is 0.699. The Morgan fingerprint density at radius 1 is 1.59 bits per heavy atom. The molecule has 0 saturated carbocycles. The summed E-state index contributed by atoms with van der Waals surface area (Å²) in [4.78, 5) is 9.01. The molecule has 0 N–H and O–H groups in total. The lowest BCUT2D eigenvalue weighted by molar-refractivity contribution is 0.270. The van der Waals surface area contributed by atoms with E-state index in [1.807, 2.05) is 12.4 Å². The molecule has 0 spiro atoms. The number of anilines is 1. The van der Waals surface area contributed by atoms with Crippen LogP contribution in [0.4, 0.5) is 5.69 Å². The fourth-order valence-electron chi connectivity index (χ4n) is 2.61. The minimum Gasteiger partial charge on any atom is -0.372 e. The van der Waals surface area contributed by atoms with Gasteiger partial charge >= 0.3 is 0 Å². The monoisotopic (exact) mass is 297 g/mol. The van der Waals surface area contributed by atoms with E-state index < -0.39 is 0 Å². The number of aromatic nitrogens is 1. The third kappa shape index (κ3) is 2.99. The second kappa shape index (κ2) is 5.83. The predicted octanol–water partition coefficient (Wildman–Crippen LogP) is 2.76. The number of rotatable bonds is 4. The number of halogens is 1. The van der Waals surface area contributed by atoms with E-state index in [0.29, 0.717) is 6.04 Å². The topological polar surface area (TPSA) is 19.4 Å². The number of hydrogen-bond donors (Lipinski definition) is 0. The van der Waals surface area contributed by atoms with E-state index in [2.05, 4.69) is 50.8 Å². The van der Waals surface area contributed by atoms with Gasteiger partial charge in [0.05, 0.1) is 10.2 Å². The SMILES string of the molecule is CCN1CCCC1CN(C)c1ccncc1Br. The highest BCUT2D eigenvalue weighted by Gasteiger charge is 2.24. The molecule has 0 bridgehead atoms. The zero-order valence-electron chi connectivity index (χ0n) is 10.6. The molecule has 3 nitrogen and oxygen atoms in total. The van der Waals surface area contributed by atoms with Crippen molar-refractivity contribution in [2.45, 2.75) is 25.8 Å². The van der Waals surface area contributed by atoms with Gasteiger partial charge in [-0.15, -0.1) is 0 Å². The van der Waals surface area contributed by atoms with E-state index in [0.717, 1.165) is 17.6 Å². The van der Waals surface area contributed by atoms with Crippen LogP contribution >= 0.6 is 15.9 Å². The molecule has 1 aliphatic rings. The van der Waals surface area contributed by atoms with Gasteiger partial charge in [0.25, 0.3) is 0 Å². The molecule has 0 aromatic carbocycles. The number of likely N-dealkylation sites (N-methyl/N-ethyl adjacent to an activating group) is 2. The fourth-order valence-corrected chi connectivity index (χ4v) is 3.16. The van der Waals surface area contributed by atoms with Crippen LogP contribution in [0.3, 0.4) is 0 Å². The average molecular weight is 298 g/mol. The van der Waals surface area contributed by atoms with Crippen molar-refractivity contribution in [2.75, 3.05) is 31.6 Å². The second-order valence-corrected chi connectivity index (χ2v) is 5.49. The van der Waals surface area contributed by atoms with E-state index in [1.54, 1.807) is 0 Å². The van der Waals surface area contributed by atoms with Gasteiger partial charge in [-0.3, -0.25) is 9.88 Å². The van der Waals surface area contributed by atoms with Gasteiger partial charge in [-0.25, -0.2) is 0 Å². The zero-order valence-corrected chi connectivity index (χ0v) is 12.2. The second-order valence-electron chi connectivity index (χ2n) is 4.63. The molecule has 4 heteroatoms. The van der Waals surface area contributed by atoms with Crippen molar-refractivity contribution in [3.8, 4) is 0 Å². The Morgan fingerprint density at radius 3 is 3.12 bits per heavy atom. The number of hydrogen-bond acceptors (Lipinski definition) is 3. The lowest BCUT2D eigenvalue weighted by Crippen LogP contribution is -2.38. The summed E-state index contributed by atoms with van der Waals surface area (Å²) in [6.07, 6.45) is 6.37. The first-order valence-electron chi connectivity index (χ1n) is 6.27. The number of likely N-dealkylation sites (tertiary alicyclic amines) is 1. The maximum atomic E-state index is 4.11. The van der Waals surface area contributed by atoms with Crippen molar-refractivity contribution < 1.29 is 0 Å². The quantitative estimate of drug-likeness (QED) is 0.852. The maximum absolute atomic E-state index is 4.11. The summed E-state index contributed by atoms with van der Waals surface area (Å²) in [7, 11) is 2.16. The van der Waals surface area contributed by atoms with Crippen LogP contribution in [0.2, 0.25) is 0 Å². The largest absolute Gasteiger partial charge is 0.372 e. The summed E-state index contributed by atoms with van der Waals surface area (Å²) in [5.74, 6) is 0. The Balaban J connectivity index is 2.01. The summed E-state index contributed by atoms with van der Waals surface area (Å²) < 4.78 is 1.07. The van der Waals surface area contributed by atoms with Gasteiger partial charge in [-0.1, -0.05) is 6.92 Å².